The number of rotatable bonds is 0. The molecule has 1 heterocycles. The molecule has 5 rings (SSSR count). The molecular weight excluding hydrogens is 363 g/mol. The Morgan fingerprint density at radius 1 is 0.867 bits per heavy atom. The minimum absolute atomic E-state index is 0.0825. The standard InChI is InChI=1S/C24H21BO.2C2H6/c1-14-9-10-17-19(13-14)23(2,3)21-18-11-12-24(4,25)26-22(18)16-8-6-5-7-15(16)20(17)21;2*1-2/h5-13H,1-4H3;2*1-2H3. The lowest BCUT2D eigenvalue weighted by molar-refractivity contribution is 0.226. The van der Waals surface area contributed by atoms with E-state index < -0.39 is 5.50 Å². The number of hydrogen-bond acceptors (Lipinski definition) is 1. The summed E-state index contributed by atoms with van der Waals surface area (Å²) in [4.78, 5) is 0. The molecule has 0 N–H and O–H groups in total. The Bertz CT molecular complexity index is 1120. The van der Waals surface area contributed by atoms with Crippen LogP contribution in [0.25, 0.3) is 28.0 Å². The van der Waals surface area contributed by atoms with E-state index >= 15 is 0 Å². The van der Waals surface area contributed by atoms with Crippen LogP contribution in [0.2, 0.25) is 0 Å². The second-order valence-corrected chi connectivity index (χ2v) is 8.33. The minimum atomic E-state index is -0.782. The summed E-state index contributed by atoms with van der Waals surface area (Å²) in [5.74, 6) is 0.907. The summed E-state index contributed by atoms with van der Waals surface area (Å²) >= 11 is 0. The van der Waals surface area contributed by atoms with Crippen LogP contribution in [-0.4, -0.2) is 13.3 Å². The van der Waals surface area contributed by atoms with Gasteiger partial charge in [-0.1, -0.05) is 102 Å². The number of ether oxygens (including phenoxy) is 1. The monoisotopic (exact) mass is 396 g/mol. The van der Waals surface area contributed by atoms with Crippen molar-refractivity contribution in [3.63, 3.8) is 0 Å². The molecule has 0 saturated heterocycles. The maximum atomic E-state index is 6.29. The lowest BCUT2D eigenvalue weighted by Crippen LogP contribution is -2.33. The molecule has 1 nitrogen and oxygen atoms in total. The molecule has 1 unspecified atom stereocenters. The van der Waals surface area contributed by atoms with Gasteiger partial charge in [0.2, 0.25) is 0 Å². The molecule has 0 fully saturated rings. The van der Waals surface area contributed by atoms with E-state index in [1.807, 2.05) is 40.7 Å². The van der Waals surface area contributed by atoms with Gasteiger partial charge in [-0.3, -0.25) is 0 Å². The van der Waals surface area contributed by atoms with Gasteiger partial charge in [0, 0.05) is 16.4 Å². The molecule has 1 aliphatic heterocycles. The molecule has 0 bridgehead atoms. The van der Waals surface area contributed by atoms with Crippen molar-refractivity contribution in [2.45, 2.75) is 66.3 Å². The molecule has 3 aromatic carbocycles. The highest BCUT2D eigenvalue weighted by atomic mass is 16.5. The van der Waals surface area contributed by atoms with Gasteiger partial charge in [-0.05, 0) is 41.5 Å². The highest BCUT2D eigenvalue weighted by Crippen LogP contribution is 2.56. The average Bonchev–Trinajstić information content (AvgIpc) is 2.98. The van der Waals surface area contributed by atoms with Crippen LogP contribution in [0, 0.1) is 6.92 Å². The minimum Gasteiger partial charge on any atom is -0.492 e. The Hall–Kier alpha value is -2.48. The van der Waals surface area contributed by atoms with E-state index in [2.05, 4.69) is 69.3 Å². The molecule has 2 aliphatic rings. The summed E-state index contributed by atoms with van der Waals surface area (Å²) in [6.45, 7) is 16.7. The third-order valence-electron chi connectivity index (χ3n) is 5.85. The summed E-state index contributed by atoms with van der Waals surface area (Å²) in [7, 11) is 6.29. The zero-order valence-corrected chi connectivity index (χ0v) is 19.7. The second kappa shape index (κ2) is 7.98. The van der Waals surface area contributed by atoms with Gasteiger partial charge in [-0.2, -0.15) is 0 Å². The molecule has 0 saturated carbocycles. The van der Waals surface area contributed by atoms with Gasteiger partial charge in [0.1, 0.15) is 13.6 Å². The fourth-order valence-corrected chi connectivity index (χ4v) is 4.66. The van der Waals surface area contributed by atoms with E-state index in [9.17, 15) is 0 Å². The quantitative estimate of drug-likeness (QED) is 0.352. The summed E-state index contributed by atoms with van der Waals surface area (Å²) in [5.41, 5.74) is 7.01. The first-order valence-electron chi connectivity index (χ1n) is 11.2. The Morgan fingerprint density at radius 3 is 2.17 bits per heavy atom. The van der Waals surface area contributed by atoms with Crippen molar-refractivity contribution in [1.82, 2.24) is 0 Å². The maximum Gasteiger partial charge on any atom is 0.137 e. The SMILES string of the molecule is CC.CC.[B]C1(C)C=Cc2c3c(c4ccccc4c2O1)-c1ccc(C)cc1C3(C)C. The number of benzene rings is 3. The smallest absolute Gasteiger partial charge is 0.137 e. The third-order valence-corrected chi connectivity index (χ3v) is 5.85. The predicted molar refractivity (Wildman–Crippen MR) is 133 cm³/mol. The fourth-order valence-electron chi connectivity index (χ4n) is 4.66. The van der Waals surface area contributed by atoms with Gasteiger partial charge in [-0.25, -0.2) is 0 Å². The molecular formula is C28H33BO. The van der Waals surface area contributed by atoms with Gasteiger partial charge < -0.3 is 4.74 Å². The number of fused-ring (bicyclic) bond motifs is 8. The molecule has 1 aliphatic carbocycles. The van der Waals surface area contributed by atoms with E-state index in [0.29, 0.717) is 0 Å². The third kappa shape index (κ3) is 3.27. The zero-order chi connectivity index (χ0) is 22.3. The molecule has 154 valence electrons. The van der Waals surface area contributed by atoms with Crippen LogP contribution in [0.1, 0.15) is 70.7 Å². The van der Waals surface area contributed by atoms with E-state index in [1.165, 1.54) is 38.8 Å². The first-order valence-corrected chi connectivity index (χ1v) is 11.2. The molecule has 1 atom stereocenters. The Kier molecular flexibility index (Phi) is 5.91. The first-order chi connectivity index (χ1) is 14.3. The van der Waals surface area contributed by atoms with Crippen LogP contribution in [-0.2, 0) is 5.41 Å². The number of hydrogen-bond donors (Lipinski definition) is 0. The van der Waals surface area contributed by atoms with Gasteiger partial charge in [0.05, 0.1) is 5.50 Å². The van der Waals surface area contributed by atoms with Crippen LogP contribution < -0.4 is 4.74 Å². The lowest BCUT2D eigenvalue weighted by atomic mass is 9.76. The van der Waals surface area contributed by atoms with Crippen molar-refractivity contribution >= 4 is 24.7 Å². The van der Waals surface area contributed by atoms with Crippen molar-refractivity contribution in [3.8, 4) is 16.9 Å². The van der Waals surface area contributed by atoms with Crippen LogP contribution in [0.4, 0.5) is 0 Å². The maximum absolute atomic E-state index is 6.29. The predicted octanol–water partition coefficient (Wildman–Crippen LogP) is 7.80. The van der Waals surface area contributed by atoms with Crippen LogP contribution in [0.5, 0.6) is 5.75 Å². The second-order valence-electron chi connectivity index (χ2n) is 8.33. The largest absolute Gasteiger partial charge is 0.492 e. The van der Waals surface area contributed by atoms with Gasteiger partial charge in [0.25, 0.3) is 0 Å². The molecule has 3 aromatic rings. The first kappa shape index (κ1) is 22.2. The fraction of sp³-hybridized carbons (Fsp3) is 0.357. The van der Waals surface area contributed by atoms with E-state index in [4.69, 9.17) is 12.6 Å². The van der Waals surface area contributed by atoms with Crippen molar-refractivity contribution < 1.29 is 4.74 Å². The van der Waals surface area contributed by atoms with Crippen molar-refractivity contribution in [1.29, 1.82) is 0 Å². The zero-order valence-electron chi connectivity index (χ0n) is 19.7. The van der Waals surface area contributed by atoms with Gasteiger partial charge >= 0.3 is 0 Å². The lowest BCUT2D eigenvalue weighted by Gasteiger charge is -2.33. The van der Waals surface area contributed by atoms with E-state index in [-0.39, 0.29) is 5.41 Å². The normalized spacial score (nSPS) is 19.3. The summed E-state index contributed by atoms with van der Waals surface area (Å²) in [5, 5.41) is 2.37. The van der Waals surface area contributed by atoms with Crippen molar-refractivity contribution in [3.05, 3.63) is 70.8 Å². The van der Waals surface area contributed by atoms with Crippen molar-refractivity contribution in [2.75, 3.05) is 0 Å². The molecule has 0 spiro atoms. The summed E-state index contributed by atoms with van der Waals surface area (Å²) in [6, 6.07) is 15.3. The molecule has 2 radical (unpaired) electrons. The summed E-state index contributed by atoms with van der Waals surface area (Å²) < 4.78 is 6.26. The Morgan fingerprint density at radius 2 is 1.50 bits per heavy atom. The highest BCUT2D eigenvalue weighted by molar-refractivity contribution is 6.17. The molecule has 2 heteroatoms. The highest BCUT2D eigenvalue weighted by Gasteiger charge is 2.41. The van der Waals surface area contributed by atoms with Gasteiger partial charge in [-0.15, -0.1) is 0 Å². The van der Waals surface area contributed by atoms with Crippen LogP contribution >= 0.6 is 0 Å². The van der Waals surface area contributed by atoms with Crippen molar-refractivity contribution in [2.24, 2.45) is 0 Å². The topological polar surface area (TPSA) is 9.23 Å². The molecule has 30 heavy (non-hydrogen) atoms. The van der Waals surface area contributed by atoms with E-state index in [1.54, 1.807) is 0 Å². The van der Waals surface area contributed by atoms with Crippen LogP contribution in [0.3, 0.4) is 0 Å². The number of aryl methyl sites for hydroxylation is 1. The Labute approximate surface area is 183 Å². The Balaban J connectivity index is 0.000000606. The van der Waals surface area contributed by atoms with Gasteiger partial charge in [0.15, 0.2) is 0 Å². The summed E-state index contributed by atoms with van der Waals surface area (Å²) in [6.07, 6.45) is 4.12. The molecule has 0 aromatic heterocycles. The van der Waals surface area contributed by atoms with Crippen LogP contribution in [0.15, 0.2) is 48.5 Å². The average molecular weight is 396 g/mol. The molecule has 0 amide bonds. The van der Waals surface area contributed by atoms with E-state index in [0.717, 1.165) is 11.1 Å².